The molecule has 3 aromatic carbocycles. The van der Waals surface area contributed by atoms with Gasteiger partial charge in [-0.1, -0.05) is 35.9 Å². The molecule has 34 heavy (non-hydrogen) atoms. The number of nitrogens with one attached hydrogen (secondary N) is 1. The lowest BCUT2D eigenvalue weighted by Gasteiger charge is -2.28. The zero-order valence-electron chi connectivity index (χ0n) is 17.8. The molecule has 0 atom stereocenters. The number of hydrogen-bond donors (Lipinski definition) is 1. The second-order valence-electron chi connectivity index (χ2n) is 7.66. The summed E-state index contributed by atoms with van der Waals surface area (Å²) in [6.45, 7) is 0.520. The van der Waals surface area contributed by atoms with Crippen molar-refractivity contribution in [2.75, 3.05) is 17.9 Å². The van der Waals surface area contributed by atoms with Crippen molar-refractivity contribution in [2.45, 2.75) is 17.9 Å². The number of esters is 1. The number of anilines is 1. The quantitative estimate of drug-likeness (QED) is 0.328. The summed E-state index contributed by atoms with van der Waals surface area (Å²) >= 11 is 8.24. The number of rotatable bonds is 6. The van der Waals surface area contributed by atoms with Crippen molar-refractivity contribution >= 4 is 61.8 Å². The van der Waals surface area contributed by atoms with Gasteiger partial charge in [-0.05, 0) is 82.6 Å². The van der Waals surface area contributed by atoms with E-state index in [4.69, 9.17) is 16.3 Å². The maximum atomic E-state index is 12.8. The average molecular weight is 611 g/mol. The number of hydrogen-bond acceptors (Lipinski definition) is 5. The van der Waals surface area contributed by atoms with Gasteiger partial charge in [0, 0.05) is 22.3 Å². The van der Waals surface area contributed by atoms with Gasteiger partial charge in [0.1, 0.15) is 0 Å². The Morgan fingerprint density at radius 3 is 2.47 bits per heavy atom. The van der Waals surface area contributed by atoms with Gasteiger partial charge in [-0.3, -0.25) is 9.52 Å². The Bertz CT molecular complexity index is 1350. The van der Waals surface area contributed by atoms with Gasteiger partial charge >= 0.3 is 5.97 Å². The molecule has 0 aromatic heterocycles. The predicted molar refractivity (Wildman–Crippen MR) is 137 cm³/mol. The van der Waals surface area contributed by atoms with Crippen molar-refractivity contribution in [2.24, 2.45) is 0 Å². The minimum absolute atomic E-state index is 0.0255. The fourth-order valence-electron chi connectivity index (χ4n) is 3.56. The molecule has 0 spiro atoms. The van der Waals surface area contributed by atoms with Crippen molar-refractivity contribution < 1.29 is 22.7 Å². The van der Waals surface area contributed by atoms with Crippen LogP contribution in [0.4, 0.5) is 5.69 Å². The fraction of sp³-hybridized carbons (Fsp3) is 0.167. The Hall–Kier alpha value is -2.63. The maximum Gasteiger partial charge on any atom is 0.340 e. The van der Waals surface area contributed by atoms with Crippen LogP contribution in [-0.2, 0) is 32.5 Å². The highest BCUT2D eigenvalue weighted by molar-refractivity contribution is 14.1. The fourth-order valence-corrected chi connectivity index (χ4v) is 5.20. The van der Waals surface area contributed by atoms with Crippen LogP contribution in [0.5, 0.6) is 0 Å². The van der Waals surface area contributed by atoms with Gasteiger partial charge in [0.25, 0.3) is 15.9 Å². The average Bonchev–Trinajstić information content (AvgIpc) is 2.83. The third kappa shape index (κ3) is 5.70. The highest BCUT2D eigenvalue weighted by atomic mass is 127. The van der Waals surface area contributed by atoms with Gasteiger partial charge in [0.15, 0.2) is 6.61 Å². The molecule has 0 radical (unpaired) electrons. The van der Waals surface area contributed by atoms with E-state index >= 15 is 0 Å². The highest BCUT2D eigenvalue weighted by Crippen LogP contribution is 2.24. The SMILES string of the molecule is O=C(OCC(=O)N1CCc2ccccc2C1)c1cc(S(=O)(=O)Nc2ccc(I)cc2)ccc1Cl. The van der Waals surface area contributed by atoms with Crippen LogP contribution in [0.1, 0.15) is 21.5 Å². The number of carbonyl (C=O) groups excluding carboxylic acids is 2. The third-order valence-corrected chi connectivity index (χ3v) is 7.80. The van der Waals surface area contributed by atoms with E-state index in [1.54, 1.807) is 29.2 Å². The summed E-state index contributed by atoms with van der Waals surface area (Å²) in [4.78, 5) is 26.7. The maximum absolute atomic E-state index is 12.8. The molecular weight excluding hydrogens is 591 g/mol. The summed E-state index contributed by atoms with van der Waals surface area (Å²) in [7, 11) is -3.97. The molecule has 0 aliphatic carbocycles. The smallest absolute Gasteiger partial charge is 0.340 e. The van der Waals surface area contributed by atoms with Gasteiger partial charge in [0.05, 0.1) is 15.5 Å². The summed E-state index contributed by atoms with van der Waals surface area (Å²) in [5, 5.41) is 0.0255. The summed E-state index contributed by atoms with van der Waals surface area (Å²) < 4.78 is 34.2. The van der Waals surface area contributed by atoms with E-state index in [0.717, 1.165) is 21.6 Å². The van der Waals surface area contributed by atoms with Crippen LogP contribution >= 0.6 is 34.2 Å². The van der Waals surface area contributed by atoms with Crippen LogP contribution in [0.15, 0.2) is 71.6 Å². The summed E-state index contributed by atoms with van der Waals surface area (Å²) in [6.07, 6.45) is 0.731. The molecular formula is C24H20ClIN2O5S. The van der Waals surface area contributed by atoms with Crippen LogP contribution < -0.4 is 4.72 Å². The molecule has 1 heterocycles. The molecule has 7 nitrogen and oxygen atoms in total. The molecule has 3 aromatic rings. The number of halogens is 2. The lowest BCUT2D eigenvalue weighted by atomic mass is 10.00. The first-order valence-electron chi connectivity index (χ1n) is 10.3. The van der Waals surface area contributed by atoms with Gasteiger partial charge in [0.2, 0.25) is 0 Å². The van der Waals surface area contributed by atoms with Crippen LogP contribution in [0.3, 0.4) is 0 Å². The van der Waals surface area contributed by atoms with Crippen molar-refractivity contribution in [1.29, 1.82) is 0 Å². The Morgan fingerprint density at radius 2 is 1.74 bits per heavy atom. The van der Waals surface area contributed by atoms with Crippen molar-refractivity contribution in [3.05, 3.63) is 92.0 Å². The van der Waals surface area contributed by atoms with Crippen LogP contribution in [0, 0.1) is 3.57 Å². The lowest BCUT2D eigenvalue weighted by Crippen LogP contribution is -2.38. The Kier molecular flexibility index (Phi) is 7.44. The zero-order valence-corrected chi connectivity index (χ0v) is 21.6. The summed E-state index contributed by atoms with van der Waals surface area (Å²) in [6, 6.07) is 18.4. The minimum atomic E-state index is -3.97. The second-order valence-corrected chi connectivity index (χ2v) is 11.0. The number of sulfonamides is 1. The van der Waals surface area contributed by atoms with E-state index in [2.05, 4.69) is 27.3 Å². The molecule has 1 N–H and O–H groups in total. The standard InChI is InChI=1S/C24H20ClIN2O5S/c25-22-10-9-20(34(31,32)27-19-7-5-18(26)6-8-19)13-21(22)24(30)33-15-23(29)28-12-11-16-3-1-2-4-17(16)14-28/h1-10,13,27H,11-12,14-15H2. The first-order valence-corrected chi connectivity index (χ1v) is 13.3. The van der Waals surface area contributed by atoms with Crippen LogP contribution in [0.2, 0.25) is 5.02 Å². The molecule has 1 aliphatic rings. The number of benzene rings is 3. The Balaban J connectivity index is 1.42. The van der Waals surface area contributed by atoms with Gasteiger partial charge < -0.3 is 9.64 Å². The number of carbonyl (C=O) groups is 2. The first-order chi connectivity index (χ1) is 16.2. The summed E-state index contributed by atoms with van der Waals surface area (Å²) in [5.41, 5.74) is 2.51. The highest BCUT2D eigenvalue weighted by Gasteiger charge is 2.24. The van der Waals surface area contributed by atoms with E-state index in [-0.39, 0.29) is 21.4 Å². The van der Waals surface area contributed by atoms with Gasteiger partial charge in [-0.25, -0.2) is 13.2 Å². The number of nitrogens with zero attached hydrogens (tertiary/aromatic N) is 1. The number of amides is 1. The Morgan fingerprint density at radius 1 is 1.03 bits per heavy atom. The molecule has 1 aliphatic heterocycles. The van der Waals surface area contributed by atoms with E-state index < -0.39 is 22.6 Å². The molecule has 10 heteroatoms. The van der Waals surface area contributed by atoms with E-state index in [0.29, 0.717) is 18.8 Å². The lowest BCUT2D eigenvalue weighted by molar-refractivity contribution is -0.135. The van der Waals surface area contributed by atoms with Crippen LogP contribution in [-0.4, -0.2) is 38.3 Å². The van der Waals surface area contributed by atoms with Crippen molar-refractivity contribution in [3.8, 4) is 0 Å². The van der Waals surface area contributed by atoms with Crippen LogP contribution in [0.25, 0.3) is 0 Å². The largest absolute Gasteiger partial charge is 0.452 e. The zero-order chi connectivity index (χ0) is 24.3. The van der Waals surface area contributed by atoms with Crippen molar-refractivity contribution in [1.82, 2.24) is 4.90 Å². The summed E-state index contributed by atoms with van der Waals surface area (Å²) in [5.74, 6) is -1.20. The third-order valence-electron chi connectivity index (χ3n) is 5.37. The molecule has 0 saturated carbocycles. The molecule has 0 bridgehead atoms. The molecule has 4 rings (SSSR count). The monoisotopic (exact) mass is 610 g/mol. The van der Waals surface area contributed by atoms with E-state index in [9.17, 15) is 18.0 Å². The predicted octanol–water partition coefficient (Wildman–Crippen LogP) is 4.49. The molecule has 0 unspecified atom stereocenters. The van der Waals surface area contributed by atoms with E-state index in [1.165, 1.54) is 17.7 Å². The number of fused-ring (bicyclic) bond motifs is 1. The normalized spacial score (nSPS) is 13.2. The Labute approximate surface area is 216 Å². The number of ether oxygens (including phenoxy) is 1. The second kappa shape index (κ2) is 10.3. The van der Waals surface area contributed by atoms with E-state index in [1.807, 2.05) is 24.3 Å². The van der Waals surface area contributed by atoms with Gasteiger partial charge in [-0.15, -0.1) is 0 Å². The van der Waals surface area contributed by atoms with Gasteiger partial charge in [-0.2, -0.15) is 0 Å². The molecule has 1 amide bonds. The molecule has 0 fully saturated rings. The van der Waals surface area contributed by atoms with Crippen molar-refractivity contribution in [3.63, 3.8) is 0 Å². The first kappa shape index (κ1) is 24.5. The minimum Gasteiger partial charge on any atom is -0.452 e. The topological polar surface area (TPSA) is 92.8 Å². The molecule has 0 saturated heterocycles. The molecule has 176 valence electrons.